The first-order chi connectivity index (χ1) is 8.06. The van der Waals surface area contributed by atoms with E-state index in [1.54, 1.807) is 18.0 Å². The summed E-state index contributed by atoms with van der Waals surface area (Å²) >= 11 is 0. The number of rotatable bonds is 6. The third kappa shape index (κ3) is 3.78. The van der Waals surface area contributed by atoms with E-state index in [0.29, 0.717) is 24.3 Å². The molecule has 7 heteroatoms. The average molecular weight is 241 g/mol. The SMILES string of the molecule is COc1cc(OC)nc(N(C)CCC(=O)O)n1. The highest BCUT2D eigenvalue weighted by Crippen LogP contribution is 2.19. The molecule has 94 valence electrons. The number of carbonyl (C=O) groups is 1. The second kappa shape index (κ2) is 5.88. The molecule has 0 saturated carbocycles. The van der Waals surface area contributed by atoms with Crippen molar-refractivity contribution in [3.05, 3.63) is 6.07 Å². The zero-order valence-electron chi connectivity index (χ0n) is 10.0. The van der Waals surface area contributed by atoms with Gasteiger partial charge in [-0.15, -0.1) is 0 Å². The quantitative estimate of drug-likeness (QED) is 0.771. The van der Waals surface area contributed by atoms with Gasteiger partial charge in [0.15, 0.2) is 0 Å². The Morgan fingerprint density at radius 3 is 2.29 bits per heavy atom. The van der Waals surface area contributed by atoms with Crippen LogP contribution in [-0.4, -0.2) is 48.9 Å². The van der Waals surface area contributed by atoms with Crippen molar-refractivity contribution in [1.29, 1.82) is 0 Å². The van der Waals surface area contributed by atoms with Gasteiger partial charge in [0.05, 0.1) is 26.7 Å². The van der Waals surface area contributed by atoms with E-state index in [1.165, 1.54) is 14.2 Å². The number of aromatic nitrogens is 2. The van der Waals surface area contributed by atoms with E-state index >= 15 is 0 Å². The van der Waals surface area contributed by atoms with Gasteiger partial charge in [0.1, 0.15) is 0 Å². The molecular weight excluding hydrogens is 226 g/mol. The predicted molar refractivity (Wildman–Crippen MR) is 60.7 cm³/mol. The van der Waals surface area contributed by atoms with E-state index in [9.17, 15) is 4.79 Å². The zero-order chi connectivity index (χ0) is 12.8. The van der Waals surface area contributed by atoms with E-state index in [1.807, 2.05) is 0 Å². The monoisotopic (exact) mass is 241 g/mol. The van der Waals surface area contributed by atoms with Crippen molar-refractivity contribution < 1.29 is 19.4 Å². The van der Waals surface area contributed by atoms with E-state index in [0.717, 1.165) is 0 Å². The summed E-state index contributed by atoms with van der Waals surface area (Å²) in [5.74, 6) is 0.234. The van der Waals surface area contributed by atoms with E-state index in [4.69, 9.17) is 14.6 Å². The predicted octanol–water partition coefficient (Wildman–Crippen LogP) is 0.405. The van der Waals surface area contributed by atoms with Crippen LogP contribution in [0.15, 0.2) is 6.07 Å². The first-order valence-corrected chi connectivity index (χ1v) is 4.96. The van der Waals surface area contributed by atoms with Crippen LogP contribution in [0.25, 0.3) is 0 Å². The fourth-order valence-electron chi connectivity index (χ4n) is 1.14. The molecule has 0 aliphatic carbocycles. The lowest BCUT2D eigenvalue weighted by Crippen LogP contribution is -2.23. The molecule has 0 fully saturated rings. The number of carboxylic acid groups (broad SMARTS) is 1. The van der Waals surface area contributed by atoms with Crippen molar-refractivity contribution in [2.45, 2.75) is 6.42 Å². The van der Waals surface area contributed by atoms with Gasteiger partial charge in [-0.3, -0.25) is 4.79 Å². The van der Waals surface area contributed by atoms with Crippen molar-refractivity contribution in [2.75, 3.05) is 32.7 Å². The molecule has 7 nitrogen and oxygen atoms in total. The van der Waals surface area contributed by atoms with Crippen LogP contribution in [0.3, 0.4) is 0 Å². The Morgan fingerprint density at radius 2 is 1.88 bits per heavy atom. The van der Waals surface area contributed by atoms with Crippen LogP contribution >= 0.6 is 0 Å². The van der Waals surface area contributed by atoms with Crippen LogP contribution in [-0.2, 0) is 4.79 Å². The Morgan fingerprint density at radius 1 is 1.35 bits per heavy atom. The summed E-state index contributed by atoms with van der Waals surface area (Å²) in [5.41, 5.74) is 0. The van der Waals surface area contributed by atoms with Gasteiger partial charge in [0, 0.05) is 13.6 Å². The summed E-state index contributed by atoms with van der Waals surface area (Å²) < 4.78 is 10.00. The van der Waals surface area contributed by atoms with Crippen LogP contribution in [0.2, 0.25) is 0 Å². The summed E-state index contributed by atoms with van der Waals surface area (Å²) in [5, 5.41) is 8.59. The molecule has 0 aromatic carbocycles. The molecule has 1 aromatic rings. The molecule has 0 aliphatic heterocycles. The molecule has 1 N–H and O–H groups in total. The summed E-state index contributed by atoms with van der Waals surface area (Å²) in [6, 6.07) is 1.55. The molecule has 0 saturated heterocycles. The smallest absolute Gasteiger partial charge is 0.305 e. The second-order valence-corrected chi connectivity index (χ2v) is 3.32. The molecule has 0 unspecified atom stereocenters. The van der Waals surface area contributed by atoms with Gasteiger partial charge in [-0.05, 0) is 0 Å². The molecule has 0 bridgehead atoms. The van der Waals surface area contributed by atoms with Crippen LogP contribution in [0, 0.1) is 0 Å². The van der Waals surface area contributed by atoms with Gasteiger partial charge in [-0.1, -0.05) is 0 Å². The molecule has 1 heterocycles. The van der Waals surface area contributed by atoms with E-state index in [2.05, 4.69) is 9.97 Å². The molecule has 17 heavy (non-hydrogen) atoms. The minimum Gasteiger partial charge on any atom is -0.481 e. The third-order valence-corrected chi connectivity index (χ3v) is 2.09. The Bertz CT molecular complexity index is 375. The number of nitrogens with zero attached hydrogens (tertiary/aromatic N) is 3. The highest BCUT2D eigenvalue weighted by atomic mass is 16.5. The Balaban J connectivity index is 2.84. The number of methoxy groups -OCH3 is 2. The van der Waals surface area contributed by atoms with Crippen LogP contribution in [0.4, 0.5) is 5.95 Å². The summed E-state index contributed by atoms with van der Waals surface area (Å²) in [6.07, 6.45) is 0.0133. The van der Waals surface area contributed by atoms with Crippen molar-refractivity contribution in [2.24, 2.45) is 0 Å². The lowest BCUT2D eigenvalue weighted by Gasteiger charge is -2.16. The lowest BCUT2D eigenvalue weighted by atomic mass is 10.4. The summed E-state index contributed by atoms with van der Waals surface area (Å²) in [4.78, 5) is 20.3. The van der Waals surface area contributed by atoms with Gasteiger partial charge in [0.2, 0.25) is 17.7 Å². The van der Waals surface area contributed by atoms with Crippen molar-refractivity contribution >= 4 is 11.9 Å². The molecule has 0 amide bonds. The molecule has 1 aromatic heterocycles. The maximum absolute atomic E-state index is 10.5. The lowest BCUT2D eigenvalue weighted by molar-refractivity contribution is -0.136. The summed E-state index contributed by atoms with van der Waals surface area (Å²) in [7, 11) is 4.68. The zero-order valence-corrected chi connectivity index (χ0v) is 10.0. The molecular formula is C10H15N3O4. The van der Waals surface area contributed by atoms with E-state index in [-0.39, 0.29) is 6.42 Å². The molecule has 0 atom stereocenters. The first-order valence-electron chi connectivity index (χ1n) is 4.96. The molecule has 0 aliphatic rings. The minimum absolute atomic E-state index is 0.0133. The molecule has 1 rings (SSSR count). The number of hydrogen-bond acceptors (Lipinski definition) is 6. The van der Waals surface area contributed by atoms with Gasteiger partial charge < -0.3 is 19.5 Å². The highest BCUT2D eigenvalue weighted by Gasteiger charge is 2.10. The van der Waals surface area contributed by atoms with Gasteiger partial charge in [-0.25, -0.2) is 0 Å². The first kappa shape index (κ1) is 13.0. The largest absolute Gasteiger partial charge is 0.481 e. The Labute approximate surface area is 99.0 Å². The van der Waals surface area contributed by atoms with Gasteiger partial charge in [-0.2, -0.15) is 9.97 Å². The number of carboxylic acids is 1. The van der Waals surface area contributed by atoms with Crippen LogP contribution < -0.4 is 14.4 Å². The average Bonchev–Trinajstić information content (AvgIpc) is 2.34. The van der Waals surface area contributed by atoms with E-state index < -0.39 is 5.97 Å². The Hall–Kier alpha value is -2.05. The van der Waals surface area contributed by atoms with Crippen molar-refractivity contribution in [3.8, 4) is 11.8 Å². The third-order valence-electron chi connectivity index (χ3n) is 2.09. The number of ether oxygens (including phenoxy) is 2. The standard InChI is InChI=1S/C10H15N3O4/c1-13(5-4-9(14)15)10-11-7(16-2)6-8(12-10)17-3/h6H,4-5H2,1-3H3,(H,14,15). The maximum Gasteiger partial charge on any atom is 0.305 e. The number of aliphatic carboxylic acids is 1. The van der Waals surface area contributed by atoms with Crippen molar-refractivity contribution in [1.82, 2.24) is 9.97 Å². The maximum atomic E-state index is 10.5. The molecule has 0 spiro atoms. The second-order valence-electron chi connectivity index (χ2n) is 3.32. The number of anilines is 1. The van der Waals surface area contributed by atoms with Gasteiger partial charge in [0.25, 0.3) is 0 Å². The van der Waals surface area contributed by atoms with Crippen LogP contribution in [0.1, 0.15) is 6.42 Å². The topological polar surface area (TPSA) is 84.8 Å². The normalized spacial score (nSPS) is 9.82. The fourth-order valence-corrected chi connectivity index (χ4v) is 1.14. The van der Waals surface area contributed by atoms with Crippen molar-refractivity contribution in [3.63, 3.8) is 0 Å². The Kier molecular flexibility index (Phi) is 4.50. The number of hydrogen-bond donors (Lipinski definition) is 1. The fraction of sp³-hybridized carbons (Fsp3) is 0.500. The molecule has 0 radical (unpaired) electrons. The minimum atomic E-state index is -0.869. The highest BCUT2D eigenvalue weighted by molar-refractivity contribution is 5.67. The van der Waals surface area contributed by atoms with Crippen LogP contribution in [0.5, 0.6) is 11.8 Å². The summed E-state index contributed by atoms with van der Waals surface area (Å²) in [6.45, 7) is 0.311. The van der Waals surface area contributed by atoms with Gasteiger partial charge >= 0.3 is 5.97 Å².